The molecule has 124 valence electrons. The second kappa shape index (κ2) is 5.46. The van der Waals surface area contributed by atoms with E-state index in [1.807, 2.05) is 0 Å². The Labute approximate surface area is 151 Å². The fourth-order valence-electron chi connectivity index (χ4n) is 3.68. The number of hydrogen-bond acceptors (Lipinski definition) is 3. The fraction of sp³-hybridized carbons (Fsp3) is 0.190. The summed E-state index contributed by atoms with van der Waals surface area (Å²) in [4.78, 5) is 5.91. The lowest BCUT2D eigenvalue weighted by Gasteiger charge is -2.06. The second-order valence-corrected chi connectivity index (χ2v) is 7.60. The molecule has 4 aromatic rings. The minimum absolute atomic E-state index is 1.04. The van der Waals surface area contributed by atoms with Gasteiger partial charge in [-0.2, -0.15) is 0 Å². The zero-order chi connectivity index (χ0) is 17.0. The molecule has 0 unspecified atom stereocenters. The summed E-state index contributed by atoms with van der Waals surface area (Å²) in [7, 11) is 0. The highest BCUT2D eigenvalue weighted by Gasteiger charge is 2.15. The molecule has 25 heavy (non-hydrogen) atoms. The molecule has 1 aliphatic rings. The fourth-order valence-corrected chi connectivity index (χ4v) is 4.56. The van der Waals surface area contributed by atoms with Crippen molar-refractivity contribution in [2.75, 3.05) is 11.9 Å². The van der Waals surface area contributed by atoms with Crippen LogP contribution in [0.5, 0.6) is 0 Å². The van der Waals surface area contributed by atoms with Crippen LogP contribution in [0.15, 0.2) is 48.0 Å². The Kier molecular flexibility index (Phi) is 3.22. The van der Waals surface area contributed by atoms with Gasteiger partial charge in [0, 0.05) is 34.9 Å². The predicted molar refractivity (Wildman–Crippen MR) is 106 cm³/mol. The van der Waals surface area contributed by atoms with E-state index in [-0.39, 0.29) is 0 Å². The number of anilines is 1. The van der Waals surface area contributed by atoms with E-state index < -0.39 is 0 Å². The van der Waals surface area contributed by atoms with E-state index in [4.69, 9.17) is 4.98 Å². The van der Waals surface area contributed by atoms with Gasteiger partial charge in [0.1, 0.15) is 0 Å². The Bertz CT molecular complexity index is 1100. The number of thiazole rings is 1. The van der Waals surface area contributed by atoms with Gasteiger partial charge >= 0.3 is 0 Å². The van der Waals surface area contributed by atoms with Crippen molar-refractivity contribution < 1.29 is 0 Å². The summed E-state index contributed by atoms with van der Waals surface area (Å²) >= 11 is 1.70. The van der Waals surface area contributed by atoms with Gasteiger partial charge in [-0.05, 0) is 43.5 Å². The summed E-state index contributed by atoms with van der Waals surface area (Å²) in [5.41, 5.74) is 10.0. The van der Waals surface area contributed by atoms with Crippen LogP contribution in [0, 0.1) is 13.8 Å². The maximum absolute atomic E-state index is 4.86. The van der Waals surface area contributed by atoms with Crippen LogP contribution in [0.4, 0.5) is 5.69 Å². The zero-order valence-corrected chi connectivity index (χ0v) is 15.2. The number of benzene rings is 2. The molecule has 4 heteroatoms. The van der Waals surface area contributed by atoms with Crippen molar-refractivity contribution >= 4 is 22.0 Å². The molecular weight excluding hydrogens is 326 g/mol. The van der Waals surface area contributed by atoms with Gasteiger partial charge < -0.3 is 5.32 Å². The molecule has 2 aromatic heterocycles. The lowest BCUT2D eigenvalue weighted by molar-refractivity contribution is 1.11. The van der Waals surface area contributed by atoms with E-state index in [0.717, 1.165) is 23.6 Å². The Balaban J connectivity index is 1.62. The maximum Gasteiger partial charge on any atom is 0.194 e. The first kappa shape index (κ1) is 14.7. The maximum atomic E-state index is 4.86. The van der Waals surface area contributed by atoms with E-state index >= 15 is 0 Å². The number of fused-ring (bicyclic) bond motifs is 2. The quantitative estimate of drug-likeness (QED) is 0.533. The molecule has 1 aliphatic heterocycles. The molecule has 1 N–H and O–H groups in total. The van der Waals surface area contributed by atoms with Crippen molar-refractivity contribution in [3.63, 3.8) is 0 Å². The van der Waals surface area contributed by atoms with Crippen molar-refractivity contribution in [2.24, 2.45) is 0 Å². The predicted octanol–water partition coefficient (Wildman–Crippen LogP) is 5.31. The first-order valence-electron chi connectivity index (χ1n) is 8.60. The average Bonchev–Trinajstić information content (AvgIpc) is 3.29. The van der Waals surface area contributed by atoms with Gasteiger partial charge in [0.25, 0.3) is 0 Å². The van der Waals surface area contributed by atoms with E-state index in [2.05, 4.69) is 71.5 Å². The lowest BCUT2D eigenvalue weighted by Crippen LogP contribution is -1.90. The van der Waals surface area contributed by atoms with Crippen LogP contribution in [0.2, 0.25) is 0 Å². The molecule has 3 nitrogen and oxygen atoms in total. The Morgan fingerprint density at radius 2 is 2.04 bits per heavy atom. The van der Waals surface area contributed by atoms with Gasteiger partial charge in [-0.15, -0.1) is 11.3 Å². The molecule has 2 aromatic carbocycles. The highest BCUT2D eigenvalue weighted by molar-refractivity contribution is 7.15. The van der Waals surface area contributed by atoms with Gasteiger partial charge in [0.2, 0.25) is 0 Å². The van der Waals surface area contributed by atoms with Crippen molar-refractivity contribution in [2.45, 2.75) is 20.3 Å². The second-order valence-electron chi connectivity index (χ2n) is 6.77. The molecule has 0 saturated heterocycles. The topological polar surface area (TPSA) is 29.3 Å². The lowest BCUT2D eigenvalue weighted by atomic mass is 10.0. The van der Waals surface area contributed by atoms with Gasteiger partial charge in [-0.3, -0.25) is 4.40 Å². The molecule has 5 rings (SSSR count). The summed E-state index contributed by atoms with van der Waals surface area (Å²) in [6.07, 6.45) is 3.27. The molecule has 0 radical (unpaired) electrons. The Morgan fingerprint density at radius 3 is 2.92 bits per heavy atom. The summed E-state index contributed by atoms with van der Waals surface area (Å²) in [5.74, 6) is 0. The van der Waals surface area contributed by atoms with E-state index in [9.17, 15) is 0 Å². The van der Waals surface area contributed by atoms with Gasteiger partial charge in [-0.25, -0.2) is 4.98 Å². The van der Waals surface area contributed by atoms with Crippen LogP contribution in [0.25, 0.3) is 27.5 Å². The number of nitrogens with zero attached hydrogens (tertiary/aromatic N) is 2. The molecule has 0 saturated carbocycles. The van der Waals surface area contributed by atoms with Crippen LogP contribution >= 0.6 is 11.3 Å². The van der Waals surface area contributed by atoms with Crippen LogP contribution in [-0.4, -0.2) is 15.9 Å². The molecule has 0 atom stereocenters. The standard InChI is InChI=1S/C21H19N3S/c1-13-3-5-17(14(2)9-13)20-12-25-21-23-19(11-24(20)21)15-4-6-18-16(10-15)7-8-22-18/h3-6,9-12,22H,7-8H2,1-2H3. The van der Waals surface area contributed by atoms with Crippen molar-refractivity contribution in [3.05, 3.63) is 64.7 Å². The minimum atomic E-state index is 1.04. The van der Waals surface area contributed by atoms with Crippen LogP contribution in [0.3, 0.4) is 0 Å². The summed E-state index contributed by atoms with van der Waals surface area (Å²) in [6, 6.07) is 13.3. The van der Waals surface area contributed by atoms with Gasteiger partial charge in [0.15, 0.2) is 4.96 Å². The van der Waals surface area contributed by atoms with Crippen LogP contribution in [-0.2, 0) is 6.42 Å². The van der Waals surface area contributed by atoms with Crippen molar-refractivity contribution in [1.82, 2.24) is 9.38 Å². The Morgan fingerprint density at radius 1 is 1.12 bits per heavy atom. The number of aryl methyl sites for hydroxylation is 2. The third-order valence-corrected chi connectivity index (χ3v) is 5.82. The van der Waals surface area contributed by atoms with E-state index in [0.29, 0.717) is 0 Å². The SMILES string of the molecule is Cc1ccc(-c2csc3nc(-c4ccc5c(c4)CCN5)cn23)c(C)c1. The number of aromatic nitrogens is 2. The third kappa shape index (κ3) is 2.36. The van der Waals surface area contributed by atoms with Gasteiger partial charge in [0.05, 0.1) is 11.4 Å². The minimum Gasteiger partial charge on any atom is -0.384 e. The molecule has 3 heterocycles. The largest absolute Gasteiger partial charge is 0.384 e. The summed E-state index contributed by atoms with van der Waals surface area (Å²) in [5, 5.41) is 5.62. The molecule has 0 aliphatic carbocycles. The number of rotatable bonds is 2. The van der Waals surface area contributed by atoms with E-state index in [1.165, 1.54) is 39.2 Å². The molecule has 0 bridgehead atoms. The first-order valence-corrected chi connectivity index (χ1v) is 9.48. The molecule has 0 spiro atoms. The van der Waals surface area contributed by atoms with E-state index in [1.54, 1.807) is 11.3 Å². The number of hydrogen-bond donors (Lipinski definition) is 1. The van der Waals surface area contributed by atoms with Crippen molar-refractivity contribution in [3.8, 4) is 22.5 Å². The highest BCUT2D eigenvalue weighted by Crippen LogP contribution is 2.33. The average molecular weight is 345 g/mol. The number of imidazole rings is 1. The zero-order valence-electron chi connectivity index (χ0n) is 14.3. The molecule has 0 fully saturated rings. The van der Waals surface area contributed by atoms with Crippen molar-refractivity contribution in [1.29, 1.82) is 0 Å². The molecular formula is C21H19N3S. The molecule has 0 amide bonds. The summed E-state index contributed by atoms with van der Waals surface area (Å²) < 4.78 is 2.23. The monoisotopic (exact) mass is 345 g/mol. The van der Waals surface area contributed by atoms with Crippen LogP contribution < -0.4 is 5.32 Å². The Hall–Kier alpha value is -2.59. The summed E-state index contributed by atoms with van der Waals surface area (Å²) in [6.45, 7) is 5.35. The smallest absolute Gasteiger partial charge is 0.194 e. The first-order chi connectivity index (χ1) is 12.2. The van der Waals surface area contributed by atoms with Crippen LogP contribution in [0.1, 0.15) is 16.7 Å². The number of nitrogens with one attached hydrogen (secondary N) is 1. The third-order valence-electron chi connectivity index (χ3n) is 4.98. The van der Waals surface area contributed by atoms with Gasteiger partial charge in [-0.1, -0.05) is 29.8 Å². The highest BCUT2D eigenvalue weighted by atomic mass is 32.1. The normalized spacial score (nSPS) is 13.2.